The zero-order chi connectivity index (χ0) is 16.1. The van der Waals surface area contributed by atoms with Gasteiger partial charge in [-0.25, -0.2) is 0 Å². The van der Waals surface area contributed by atoms with E-state index in [1.165, 1.54) is 0 Å². The van der Waals surface area contributed by atoms with E-state index in [4.69, 9.17) is 14.2 Å². The molecule has 6 nitrogen and oxygen atoms in total. The average molecular weight is 309 g/mol. The van der Waals surface area contributed by atoms with Crippen molar-refractivity contribution in [2.24, 2.45) is 5.92 Å². The predicted octanol–water partition coefficient (Wildman–Crippen LogP) is 2.01. The first kappa shape index (κ1) is 16.4. The molecule has 0 saturated carbocycles. The van der Waals surface area contributed by atoms with E-state index in [0.29, 0.717) is 30.3 Å². The first-order valence-corrected chi connectivity index (χ1v) is 7.33. The number of aliphatic carboxylic acids is 1. The maximum atomic E-state index is 11.2. The third-order valence-corrected chi connectivity index (χ3v) is 4.03. The summed E-state index contributed by atoms with van der Waals surface area (Å²) in [6.07, 6.45) is 1.64. The molecule has 1 unspecified atom stereocenters. The number of nitrogens with zero attached hydrogens (tertiary/aromatic N) is 1. The lowest BCUT2D eigenvalue weighted by molar-refractivity contribution is -0.143. The lowest BCUT2D eigenvalue weighted by Crippen LogP contribution is -2.38. The lowest BCUT2D eigenvalue weighted by atomic mass is 9.97. The Morgan fingerprint density at radius 2 is 1.95 bits per heavy atom. The number of carboxylic acid groups (broad SMARTS) is 1. The minimum absolute atomic E-state index is 0.292. The van der Waals surface area contributed by atoms with Gasteiger partial charge < -0.3 is 19.3 Å². The van der Waals surface area contributed by atoms with Crippen molar-refractivity contribution in [1.82, 2.24) is 4.90 Å². The number of benzene rings is 1. The molecule has 1 N–H and O–H groups in total. The van der Waals surface area contributed by atoms with Crippen LogP contribution in [0, 0.1) is 5.92 Å². The second-order valence-electron chi connectivity index (χ2n) is 5.41. The molecule has 1 heterocycles. The Kier molecular flexibility index (Phi) is 5.49. The number of methoxy groups -OCH3 is 3. The van der Waals surface area contributed by atoms with E-state index in [9.17, 15) is 9.90 Å². The molecule has 2 rings (SSSR count). The summed E-state index contributed by atoms with van der Waals surface area (Å²) in [6.45, 7) is 2.08. The zero-order valence-corrected chi connectivity index (χ0v) is 13.3. The summed E-state index contributed by atoms with van der Waals surface area (Å²) >= 11 is 0. The second kappa shape index (κ2) is 7.35. The number of ether oxygens (including phenoxy) is 3. The van der Waals surface area contributed by atoms with Gasteiger partial charge in [0.15, 0.2) is 11.5 Å². The highest BCUT2D eigenvalue weighted by Gasteiger charge is 2.26. The number of carboxylic acids is 1. The highest BCUT2D eigenvalue weighted by Crippen LogP contribution is 2.40. The Bertz CT molecular complexity index is 532. The van der Waals surface area contributed by atoms with Crippen LogP contribution >= 0.6 is 0 Å². The first-order valence-electron chi connectivity index (χ1n) is 7.33. The molecule has 1 saturated heterocycles. The molecule has 0 aliphatic carbocycles. The molecule has 122 valence electrons. The van der Waals surface area contributed by atoms with Crippen LogP contribution in [0.25, 0.3) is 0 Å². The standard InChI is InChI=1S/C16H23NO5/c1-20-13-7-6-11(14(21-2)15(13)22-3)9-17-8-4-5-12(10-17)16(18)19/h6-7,12H,4-5,8-10H2,1-3H3,(H,18,19). The molecule has 1 atom stereocenters. The Morgan fingerprint density at radius 1 is 1.23 bits per heavy atom. The van der Waals surface area contributed by atoms with Crippen LogP contribution in [0.1, 0.15) is 18.4 Å². The molecule has 6 heteroatoms. The molecule has 0 amide bonds. The van der Waals surface area contributed by atoms with Gasteiger partial charge in [0.1, 0.15) is 0 Å². The lowest BCUT2D eigenvalue weighted by Gasteiger charge is -2.31. The van der Waals surface area contributed by atoms with Crippen molar-refractivity contribution in [2.75, 3.05) is 34.4 Å². The van der Waals surface area contributed by atoms with Gasteiger partial charge in [-0.1, -0.05) is 6.07 Å². The van der Waals surface area contributed by atoms with Gasteiger partial charge in [-0.15, -0.1) is 0 Å². The van der Waals surface area contributed by atoms with E-state index >= 15 is 0 Å². The highest BCUT2D eigenvalue weighted by atomic mass is 16.5. The van der Waals surface area contributed by atoms with E-state index < -0.39 is 5.97 Å². The van der Waals surface area contributed by atoms with Gasteiger partial charge in [-0.2, -0.15) is 0 Å². The number of likely N-dealkylation sites (tertiary alicyclic amines) is 1. The largest absolute Gasteiger partial charge is 0.493 e. The molecule has 0 bridgehead atoms. The van der Waals surface area contributed by atoms with Crippen molar-refractivity contribution < 1.29 is 24.1 Å². The van der Waals surface area contributed by atoms with E-state index in [2.05, 4.69) is 4.90 Å². The van der Waals surface area contributed by atoms with Crippen LogP contribution in [0.3, 0.4) is 0 Å². The van der Waals surface area contributed by atoms with E-state index in [1.54, 1.807) is 21.3 Å². The van der Waals surface area contributed by atoms with Crippen LogP contribution in [0.5, 0.6) is 17.2 Å². The zero-order valence-electron chi connectivity index (χ0n) is 13.3. The molecule has 0 radical (unpaired) electrons. The summed E-state index contributed by atoms with van der Waals surface area (Å²) in [5, 5.41) is 9.19. The van der Waals surface area contributed by atoms with Gasteiger partial charge >= 0.3 is 5.97 Å². The normalized spacial score (nSPS) is 18.8. The van der Waals surface area contributed by atoms with Crippen LogP contribution in [0.2, 0.25) is 0 Å². The van der Waals surface area contributed by atoms with Crippen LogP contribution in [-0.2, 0) is 11.3 Å². The van der Waals surface area contributed by atoms with Crippen molar-refractivity contribution in [3.8, 4) is 17.2 Å². The predicted molar refractivity (Wildman–Crippen MR) is 81.7 cm³/mol. The fourth-order valence-electron chi connectivity index (χ4n) is 2.93. The van der Waals surface area contributed by atoms with Gasteiger partial charge in [0.2, 0.25) is 5.75 Å². The fraction of sp³-hybridized carbons (Fsp3) is 0.562. The summed E-state index contributed by atoms with van der Waals surface area (Å²) in [5.74, 6) is 0.808. The van der Waals surface area contributed by atoms with Crippen LogP contribution in [-0.4, -0.2) is 50.4 Å². The summed E-state index contributed by atoms with van der Waals surface area (Å²) in [7, 11) is 4.75. The number of carbonyl (C=O) groups is 1. The molecular formula is C16H23NO5. The molecule has 0 aromatic heterocycles. The van der Waals surface area contributed by atoms with Crippen LogP contribution in [0.4, 0.5) is 0 Å². The van der Waals surface area contributed by atoms with Crippen LogP contribution < -0.4 is 14.2 Å². The van der Waals surface area contributed by atoms with Crippen molar-refractivity contribution in [1.29, 1.82) is 0 Å². The third-order valence-electron chi connectivity index (χ3n) is 4.03. The summed E-state index contributed by atoms with van der Waals surface area (Å²) in [5.41, 5.74) is 0.964. The minimum Gasteiger partial charge on any atom is -0.493 e. The molecule has 1 aromatic carbocycles. The summed E-state index contributed by atoms with van der Waals surface area (Å²) in [4.78, 5) is 13.3. The Balaban J connectivity index is 2.20. The van der Waals surface area contributed by atoms with Gasteiger partial charge in [-0.05, 0) is 25.5 Å². The third kappa shape index (κ3) is 3.44. The number of hydrogen-bond donors (Lipinski definition) is 1. The van der Waals surface area contributed by atoms with Gasteiger partial charge in [-0.3, -0.25) is 9.69 Å². The molecular weight excluding hydrogens is 286 g/mol. The molecule has 1 aliphatic heterocycles. The van der Waals surface area contributed by atoms with E-state index in [0.717, 1.165) is 24.9 Å². The Labute approximate surface area is 130 Å². The Hall–Kier alpha value is -1.95. The number of rotatable bonds is 6. The van der Waals surface area contributed by atoms with E-state index in [1.807, 2.05) is 12.1 Å². The smallest absolute Gasteiger partial charge is 0.307 e. The average Bonchev–Trinajstić information content (AvgIpc) is 2.54. The highest BCUT2D eigenvalue weighted by molar-refractivity contribution is 5.70. The van der Waals surface area contributed by atoms with Gasteiger partial charge in [0.25, 0.3) is 0 Å². The van der Waals surface area contributed by atoms with E-state index in [-0.39, 0.29) is 5.92 Å². The number of hydrogen-bond acceptors (Lipinski definition) is 5. The second-order valence-corrected chi connectivity index (χ2v) is 5.41. The number of piperidine rings is 1. The summed E-state index contributed by atoms with van der Waals surface area (Å²) in [6, 6.07) is 3.78. The quantitative estimate of drug-likeness (QED) is 0.867. The topological polar surface area (TPSA) is 68.2 Å². The van der Waals surface area contributed by atoms with Crippen molar-refractivity contribution >= 4 is 5.97 Å². The Morgan fingerprint density at radius 3 is 2.55 bits per heavy atom. The molecule has 1 aromatic rings. The fourth-order valence-corrected chi connectivity index (χ4v) is 2.93. The summed E-state index contributed by atoms with van der Waals surface area (Å²) < 4.78 is 16.1. The molecule has 22 heavy (non-hydrogen) atoms. The molecule has 1 aliphatic rings. The van der Waals surface area contributed by atoms with Gasteiger partial charge in [0, 0.05) is 18.7 Å². The molecule has 0 spiro atoms. The van der Waals surface area contributed by atoms with Crippen molar-refractivity contribution in [2.45, 2.75) is 19.4 Å². The van der Waals surface area contributed by atoms with Crippen molar-refractivity contribution in [3.05, 3.63) is 17.7 Å². The molecule has 1 fully saturated rings. The minimum atomic E-state index is -0.719. The maximum Gasteiger partial charge on any atom is 0.307 e. The van der Waals surface area contributed by atoms with Crippen LogP contribution in [0.15, 0.2) is 12.1 Å². The SMILES string of the molecule is COc1ccc(CN2CCCC(C(=O)O)C2)c(OC)c1OC. The monoisotopic (exact) mass is 309 g/mol. The maximum absolute atomic E-state index is 11.2. The van der Waals surface area contributed by atoms with Crippen molar-refractivity contribution in [3.63, 3.8) is 0 Å². The first-order chi connectivity index (χ1) is 10.6. The van der Waals surface area contributed by atoms with Gasteiger partial charge in [0.05, 0.1) is 27.2 Å².